The van der Waals surface area contributed by atoms with Gasteiger partial charge < -0.3 is 5.73 Å². The number of alkyl halides is 3. The van der Waals surface area contributed by atoms with Gasteiger partial charge in [-0.05, 0) is 12.1 Å². The van der Waals surface area contributed by atoms with E-state index in [1.165, 1.54) is 0 Å². The van der Waals surface area contributed by atoms with Gasteiger partial charge in [0.2, 0.25) is 0 Å². The Morgan fingerprint density at radius 2 is 1.75 bits per heavy atom. The van der Waals surface area contributed by atoms with Gasteiger partial charge in [-0.15, -0.1) is 0 Å². The Balaban J connectivity index is 1.74. The molecule has 232 valence electrons. The summed E-state index contributed by atoms with van der Waals surface area (Å²) in [6.07, 6.45) is 0.592. The first-order chi connectivity index (χ1) is 20.9. The van der Waals surface area contributed by atoms with E-state index >= 15 is 0 Å². The maximum atomic E-state index is 14.5. The number of hydrogen-bond donors (Lipinski definition) is 4. The molecule has 0 bridgehead atoms. The second-order valence-corrected chi connectivity index (χ2v) is 17.5. The van der Waals surface area contributed by atoms with Gasteiger partial charge in [0.25, 0.3) is 0 Å². The molecule has 0 saturated carbocycles. The van der Waals surface area contributed by atoms with Crippen molar-refractivity contribution in [3.8, 4) is 17.6 Å². The van der Waals surface area contributed by atoms with Crippen molar-refractivity contribution in [2.45, 2.75) is 32.3 Å². The number of carbonyl (C=O) groups excluding carboxylic acids is 3. The van der Waals surface area contributed by atoms with Gasteiger partial charge in [0.15, 0.2) is 0 Å². The molecule has 9 nitrogen and oxygen atoms in total. The number of benzene rings is 2. The van der Waals surface area contributed by atoms with Crippen LogP contribution in [0.4, 0.5) is 5.69 Å². The Bertz CT molecular complexity index is 1660. The number of carbonyl (C=O) groups is 3. The summed E-state index contributed by atoms with van der Waals surface area (Å²) < 4.78 is 12.4. The Kier molecular flexibility index (Phi) is 8.82. The fourth-order valence-corrected chi connectivity index (χ4v) is 9.60. The van der Waals surface area contributed by atoms with E-state index in [1.54, 1.807) is 25.1 Å². The van der Waals surface area contributed by atoms with Crippen LogP contribution >= 0.6 is 19.8 Å². The molecular formula is C34H37IN2O7. The zero-order valence-corrected chi connectivity index (χ0v) is 27.4. The molecule has 0 spiro atoms. The van der Waals surface area contributed by atoms with Crippen LogP contribution in [0.25, 0.3) is 0 Å². The summed E-state index contributed by atoms with van der Waals surface area (Å²) in [4.78, 5) is 44.8. The van der Waals surface area contributed by atoms with E-state index < -0.39 is 72.0 Å². The molecule has 4 atom stereocenters. The van der Waals surface area contributed by atoms with E-state index in [1.807, 2.05) is 25.1 Å². The minimum atomic E-state index is -2.26. The Hall–Kier alpha value is -3.82. The molecule has 0 aromatic heterocycles. The number of Topliss-reactive ketones (excluding diaryl/α,β-unsaturated/α-hetero) is 2. The number of primary amides is 1. The fraction of sp³-hybridized carbons (Fsp3) is 0.382. The van der Waals surface area contributed by atoms with E-state index in [2.05, 4.69) is 21.7 Å². The third-order valence-corrected chi connectivity index (χ3v) is 11.2. The first-order valence-corrected chi connectivity index (χ1v) is 20.3. The van der Waals surface area contributed by atoms with Gasteiger partial charge in [0.1, 0.15) is 0 Å². The van der Waals surface area contributed by atoms with Crippen LogP contribution in [-0.4, -0.2) is 60.8 Å². The second-order valence-electron chi connectivity index (χ2n) is 11.4. The van der Waals surface area contributed by atoms with Gasteiger partial charge in [0, 0.05) is 5.69 Å². The fourth-order valence-electron chi connectivity index (χ4n) is 6.69. The Morgan fingerprint density at radius 3 is 2.36 bits per heavy atom. The molecule has 1 amide bonds. The van der Waals surface area contributed by atoms with Crippen molar-refractivity contribution in [1.82, 2.24) is 0 Å². The summed E-state index contributed by atoms with van der Waals surface area (Å²) in [6, 6.07) is 10.7. The van der Waals surface area contributed by atoms with Crippen LogP contribution in [0.2, 0.25) is 0 Å². The van der Waals surface area contributed by atoms with Gasteiger partial charge in [-0.3, -0.25) is 0 Å². The normalized spacial score (nSPS) is 24.5. The average molecular weight is 713 g/mol. The van der Waals surface area contributed by atoms with Gasteiger partial charge in [-0.1, -0.05) is 0 Å². The monoisotopic (exact) mass is 712 g/mol. The molecule has 0 heterocycles. The van der Waals surface area contributed by atoms with E-state index in [9.17, 15) is 24.6 Å². The van der Waals surface area contributed by atoms with Crippen molar-refractivity contribution < 1.29 is 34.1 Å². The Labute approximate surface area is 264 Å². The van der Waals surface area contributed by atoms with Crippen molar-refractivity contribution in [2.75, 3.05) is 33.2 Å². The molecule has 0 saturated heterocycles. The van der Waals surface area contributed by atoms with Gasteiger partial charge in [0.05, 0.1) is 0 Å². The van der Waals surface area contributed by atoms with E-state index in [-0.39, 0.29) is 24.4 Å². The number of halogens is 1. The summed E-state index contributed by atoms with van der Waals surface area (Å²) in [6.45, 7) is 3.92. The minimum absolute atomic E-state index is 0.0734. The number of allylic oxidation sites excluding steroid dienone is 1. The van der Waals surface area contributed by atoms with E-state index in [0.717, 1.165) is 11.1 Å². The molecular weight excluding hydrogens is 675 g/mol. The molecule has 0 fully saturated rings. The van der Waals surface area contributed by atoms with E-state index in [0.29, 0.717) is 40.0 Å². The number of hydrogen-bond acceptors (Lipinski definition) is 8. The van der Waals surface area contributed by atoms with Crippen molar-refractivity contribution in [2.24, 2.45) is 23.5 Å². The van der Waals surface area contributed by atoms with Crippen LogP contribution < -0.4 is 16.2 Å². The molecule has 0 radical (unpaired) electrons. The number of aliphatic hydroxyl groups excluding tert-OH is 1. The predicted octanol–water partition coefficient (Wildman–Crippen LogP) is 3.73. The standard InChI is InChI=1S/C34H37IN2O7/c1-5-43-25-14-11-19(10-7-18-8-12-21(36)13-9-18)22-15-20-16-24-23(17-35(3)4)29(38)28(33(37)41)31(40)34(24,42)32(44-6-2)26(20)30(39)27(22)25/h8-9,11-14,20,23-24,40,42H,5-6,15-17,36H2,1-4H3,(H2,37,41)/t20-,23-,24-,34+/m0/s1. The number of ether oxygens (including phenoxy) is 2. The zero-order chi connectivity index (χ0) is 31.9. The number of anilines is 1. The van der Waals surface area contributed by atoms with Crippen LogP contribution in [-0.2, 0) is 20.7 Å². The molecule has 44 heavy (non-hydrogen) atoms. The third kappa shape index (κ3) is 5.26. The van der Waals surface area contributed by atoms with Gasteiger partial charge in [-0.25, -0.2) is 0 Å². The summed E-state index contributed by atoms with van der Waals surface area (Å²) in [5.41, 5.74) is 11.8. The van der Waals surface area contributed by atoms with Crippen LogP contribution in [0.3, 0.4) is 0 Å². The summed E-state index contributed by atoms with van der Waals surface area (Å²) in [5.74, 6) is 1.67. The van der Waals surface area contributed by atoms with E-state index in [4.69, 9.17) is 20.9 Å². The number of fused-ring (bicyclic) bond motifs is 3. The number of nitrogens with two attached hydrogens (primary N) is 2. The number of rotatable bonds is 7. The van der Waals surface area contributed by atoms with Crippen LogP contribution in [0.5, 0.6) is 5.75 Å². The third-order valence-electron chi connectivity index (χ3n) is 8.50. The molecule has 2 aromatic rings. The molecule has 2 aromatic carbocycles. The molecule has 6 N–H and O–H groups in total. The molecule has 3 aliphatic carbocycles. The molecule has 0 aliphatic heterocycles. The quantitative estimate of drug-likeness (QED) is 0.111. The second kappa shape index (κ2) is 12.3. The van der Waals surface area contributed by atoms with Crippen molar-refractivity contribution in [1.29, 1.82) is 0 Å². The van der Waals surface area contributed by atoms with Crippen molar-refractivity contribution in [3.63, 3.8) is 0 Å². The van der Waals surface area contributed by atoms with Crippen molar-refractivity contribution in [3.05, 3.63) is 81.3 Å². The average Bonchev–Trinajstić information content (AvgIpc) is 2.97. The number of nitrogen functional groups attached to an aromatic ring is 1. The number of aliphatic hydroxyl groups is 2. The van der Waals surface area contributed by atoms with Gasteiger partial charge >= 0.3 is 241 Å². The SMILES string of the molecule is CCOC1=C2C(=O)c3c(OCC)ccc(C#Cc4ccc(N)cc4)c3C[C@H]2C[C@H]2[C@H](CI(C)C)C(=O)C(C(N)=O)=C(O)[C@@]12O. The summed E-state index contributed by atoms with van der Waals surface area (Å²) in [7, 11) is 0. The zero-order valence-electron chi connectivity index (χ0n) is 25.2. The number of amides is 1. The maximum absolute atomic E-state index is 14.5. The molecule has 0 unspecified atom stereocenters. The van der Waals surface area contributed by atoms with Crippen LogP contribution in [0.1, 0.15) is 47.3 Å². The molecule has 3 aliphatic rings. The topological polar surface area (TPSA) is 162 Å². The van der Waals surface area contributed by atoms with Crippen LogP contribution in [0, 0.1) is 29.6 Å². The number of ketones is 2. The van der Waals surface area contributed by atoms with Crippen molar-refractivity contribution >= 4 is 43.0 Å². The molecule has 5 rings (SSSR count). The Morgan fingerprint density at radius 1 is 1.07 bits per heavy atom. The van der Waals surface area contributed by atoms with Gasteiger partial charge in [-0.2, -0.15) is 0 Å². The first kappa shape index (κ1) is 31.6. The summed E-state index contributed by atoms with van der Waals surface area (Å²) >= 11 is -1.61. The summed E-state index contributed by atoms with van der Waals surface area (Å²) in [5, 5.41) is 23.8. The van der Waals surface area contributed by atoms with Crippen LogP contribution in [0.15, 0.2) is 59.1 Å². The molecule has 10 heteroatoms. The predicted molar refractivity (Wildman–Crippen MR) is 176 cm³/mol. The first-order valence-electron chi connectivity index (χ1n) is 14.5.